The van der Waals surface area contributed by atoms with E-state index in [0.717, 1.165) is 12.6 Å². The maximum Gasteiger partial charge on any atom is 0.349 e. The third-order valence-electron chi connectivity index (χ3n) is 5.23. The molecule has 2 atom stereocenters. The molecule has 0 saturated carbocycles. The molecular formula is C20H22ClN5O3. The molecule has 0 aromatic carbocycles. The van der Waals surface area contributed by atoms with Crippen LogP contribution in [0.4, 0.5) is 0 Å². The fourth-order valence-corrected chi connectivity index (χ4v) is 4.02. The van der Waals surface area contributed by atoms with Crippen LogP contribution in [0.25, 0.3) is 27.8 Å². The molecule has 0 bridgehead atoms. The van der Waals surface area contributed by atoms with Crippen LogP contribution in [0.2, 0.25) is 5.15 Å². The van der Waals surface area contributed by atoms with E-state index in [2.05, 4.69) is 22.2 Å². The molecule has 0 unspecified atom stereocenters. The summed E-state index contributed by atoms with van der Waals surface area (Å²) in [7, 11) is 1.72. The third kappa shape index (κ3) is 3.42. The second-order valence-corrected chi connectivity index (χ2v) is 7.37. The van der Waals surface area contributed by atoms with Crippen LogP contribution in [0.5, 0.6) is 0 Å². The van der Waals surface area contributed by atoms with Crippen molar-refractivity contribution >= 4 is 45.6 Å². The largest absolute Gasteiger partial charge is 0.450 e. The van der Waals surface area contributed by atoms with Crippen molar-refractivity contribution in [1.29, 1.82) is 5.41 Å². The van der Waals surface area contributed by atoms with Gasteiger partial charge >= 0.3 is 5.69 Å². The maximum atomic E-state index is 13.2. The average molecular weight is 416 g/mol. The first-order valence-corrected chi connectivity index (χ1v) is 9.96. The number of pyridine rings is 1. The minimum absolute atomic E-state index is 0.0801. The van der Waals surface area contributed by atoms with E-state index >= 15 is 0 Å². The van der Waals surface area contributed by atoms with Gasteiger partial charge in [0.25, 0.3) is 0 Å². The summed E-state index contributed by atoms with van der Waals surface area (Å²) in [6.07, 6.45) is 5.11. The Morgan fingerprint density at radius 3 is 3.00 bits per heavy atom. The van der Waals surface area contributed by atoms with Crippen molar-refractivity contribution in [3.05, 3.63) is 39.7 Å². The average Bonchev–Trinajstić information content (AvgIpc) is 3.10. The first-order chi connectivity index (χ1) is 14.1. The number of hydrogen-bond donors (Lipinski definition) is 2. The Morgan fingerprint density at radius 1 is 1.45 bits per heavy atom. The van der Waals surface area contributed by atoms with Crippen molar-refractivity contribution in [1.82, 2.24) is 19.9 Å². The van der Waals surface area contributed by atoms with E-state index in [0.29, 0.717) is 58.1 Å². The highest BCUT2D eigenvalue weighted by Crippen LogP contribution is 2.35. The van der Waals surface area contributed by atoms with E-state index in [-0.39, 0.29) is 12.1 Å². The Bertz CT molecular complexity index is 1170. The second-order valence-electron chi connectivity index (χ2n) is 6.99. The zero-order chi connectivity index (χ0) is 20.5. The summed E-state index contributed by atoms with van der Waals surface area (Å²) in [6, 6.07) is 3.29. The van der Waals surface area contributed by atoms with E-state index in [1.54, 1.807) is 29.9 Å². The van der Waals surface area contributed by atoms with Crippen molar-refractivity contribution in [2.24, 2.45) is 0 Å². The molecule has 1 aliphatic rings. The third-order valence-corrected chi connectivity index (χ3v) is 5.44. The first kappa shape index (κ1) is 19.6. The molecule has 3 aromatic rings. The van der Waals surface area contributed by atoms with Gasteiger partial charge in [0.15, 0.2) is 11.2 Å². The number of halogens is 1. The van der Waals surface area contributed by atoms with Crippen LogP contribution in [0.15, 0.2) is 27.5 Å². The fourth-order valence-electron chi connectivity index (χ4n) is 3.87. The Labute approximate surface area is 172 Å². The Hall–Kier alpha value is -2.71. The summed E-state index contributed by atoms with van der Waals surface area (Å²) in [5.41, 5.74) is 2.34. The molecule has 2 N–H and O–H groups in total. The van der Waals surface area contributed by atoms with E-state index in [1.807, 2.05) is 0 Å². The van der Waals surface area contributed by atoms with Gasteiger partial charge in [0.2, 0.25) is 0 Å². The summed E-state index contributed by atoms with van der Waals surface area (Å²) in [5, 5.41) is 10.9. The van der Waals surface area contributed by atoms with Crippen molar-refractivity contribution in [2.45, 2.75) is 38.3 Å². The standard InChI is InChI=1S/C20H22ClN5O3/c1-3-13-8-12(6-7-28-13)26-18-17-14(4-5-15(21)24-17)29-19(18)16(25-20(26)27)11(9-22)10-23-2/h4-5,9-10,12-13,22-23H,3,6-8H2,1-2H3/b11-10+,22-9?/t12-,13-/m0/s1. The molecule has 0 amide bonds. The normalized spacial score (nSPS) is 20.3. The minimum atomic E-state index is -0.400. The minimum Gasteiger partial charge on any atom is -0.450 e. The van der Waals surface area contributed by atoms with Crippen LogP contribution in [-0.4, -0.2) is 40.5 Å². The first-order valence-electron chi connectivity index (χ1n) is 9.58. The van der Waals surface area contributed by atoms with Gasteiger partial charge in [-0.15, -0.1) is 0 Å². The van der Waals surface area contributed by atoms with Gasteiger partial charge in [-0.2, -0.15) is 4.98 Å². The van der Waals surface area contributed by atoms with Gasteiger partial charge in [0.1, 0.15) is 21.9 Å². The molecule has 29 heavy (non-hydrogen) atoms. The van der Waals surface area contributed by atoms with Gasteiger partial charge in [0, 0.05) is 37.7 Å². The van der Waals surface area contributed by atoms with Crippen molar-refractivity contribution in [2.75, 3.05) is 13.7 Å². The van der Waals surface area contributed by atoms with Crippen molar-refractivity contribution in [3.8, 4) is 0 Å². The molecular weight excluding hydrogens is 394 g/mol. The summed E-state index contributed by atoms with van der Waals surface area (Å²) in [4.78, 5) is 21.9. The molecule has 0 aliphatic carbocycles. The number of ether oxygens (including phenoxy) is 1. The van der Waals surface area contributed by atoms with Crippen LogP contribution in [0.1, 0.15) is 37.9 Å². The number of fused-ring (bicyclic) bond motifs is 3. The van der Waals surface area contributed by atoms with Crippen molar-refractivity contribution < 1.29 is 9.15 Å². The molecule has 4 heterocycles. The van der Waals surface area contributed by atoms with E-state index < -0.39 is 5.69 Å². The Balaban J connectivity index is 2.06. The number of hydrogen-bond acceptors (Lipinski definition) is 7. The van der Waals surface area contributed by atoms with Crippen LogP contribution in [0.3, 0.4) is 0 Å². The SMILES string of the molecule is CC[C@H]1C[C@@H](n2c(=O)nc(/C(C=N)=C/NC)c3oc4ccc(Cl)nc4c32)CCO1. The molecule has 1 saturated heterocycles. The lowest BCUT2D eigenvalue weighted by Gasteiger charge is -2.30. The van der Waals surface area contributed by atoms with Gasteiger partial charge < -0.3 is 19.9 Å². The highest BCUT2D eigenvalue weighted by molar-refractivity contribution is 6.30. The van der Waals surface area contributed by atoms with Gasteiger partial charge in [-0.05, 0) is 31.4 Å². The van der Waals surface area contributed by atoms with E-state index in [9.17, 15) is 4.79 Å². The van der Waals surface area contributed by atoms with Gasteiger partial charge in [-0.25, -0.2) is 9.78 Å². The molecule has 152 valence electrons. The maximum absolute atomic E-state index is 13.2. The molecule has 9 heteroatoms. The van der Waals surface area contributed by atoms with Crippen molar-refractivity contribution in [3.63, 3.8) is 0 Å². The topological polar surface area (TPSA) is 106 Å². The lowest BCUT2D eigenvalue weighted by atomic mass is 10.0. The van der Waals surface area contributed by atoms with E-state index in [1.165, 1.54) is 0 Å². The molecule has 1 aliphatic heterocycles. The highest BCUT2D eigenvalue weighted by Gasteiger charge is 2.29. The Kier molecular flexibility index (Phi) is 5.38. The zero-order valence-corrected chi connectivity index (χ0v) is 17.0. The molecule has 8 nitrogen and oxygen atoms in total. The van der Waals surface area contributed by atoms with Gasteiger partial charge in [-0.3, -0.25) is 4.57 Å². The number of allylic oxidation sites excluding steroid dienone is 1. The summed E-state index contributed by atoms with van der Waals surface area (Å²) in [5.74, 6) is 0. The lowest BCUT2D eigenvalue weighted by Crippen LogP contribution is -2.34. The molecule has 4 rings (SSSR count). The number of nitrogens with zero attached hydrogens (tertiary/aromatic N) is 3. The molecule has 0 spiro atoms. The molecule has 1 fully saturated rings. The summed E-state index contributed by atoms with van der Waals surface area (Å²) < 4.78 is 13.5. The summed E-state index contributed by atoms with van der Waals surface area (Å²) >= 11 is 6.15. The number of aromatic nitrogens is 3. The number of rotatable bonds is 5. The van der Waals surface area contributed by atoms with Crippen LogP contribution < -0.4 is 11.0 Å². The van der Waals surface area contributed by atoms with Crippen LogP contribution >= 0.6 is 11.6 Å². The highest BCUT2D eigenvalue weighted by atomic mass is 35.5. The molecule has 0 radical (unpaired) electrons. The zero-order valence-electron chi connectivity index (χ0n) is 16.2. The molecule has 3 aromatic heterocycles. The lowest BCUT2D eigenvalue weighted by molar-refractivity contribution is -0.00711. The quantitative estimate of drug-likeness (QED) is 0.487. The summed E-state index contributed by atoms with van der Waals surface area (Å²) in [6.45, 7) is 2.65. The monoisotopic (exact) mass is 415 g/mol. The van der Waals surface area contributed by atoms with Crippen LogP contribution in [-0.2, 0) is 4.74 Å². The van der Waals surface area contributed by atoms with E-state index in [4.69, 9.17) is 26.2 Å². The predicted octanol–water partition coefficient (Wildman–Crippen LogP) is 3.53. The van der Waals surface area contributed by atoms with Gasteiger partial charge in [-0.1, -0.05) is 18.5 Å². The number of nitrogens with one attached hydrogen (secondary N) is 2. The van der Waals surface area contributed by atoms with Crippen LogP contribution in [0, 0.1) is 5.41 Å². The number of furan rings is 1. The smallest absolute Gasteiger partial charge is 0.349 e. The fraction of sp³-hybridized carbons (Fsp3) is 0.400. The predicted molar refractivity (Wildman–Crippen MR) is 113 cm³/mol. The van der Waals surface area contributed by atoms with Gasteiger partial charge in [0.05, 0.1) is 6.10 Å². The Morgan fingerprint density at radius 2 is 2.28 bits per heavy atom. The second kappa shape index (κ2) is 7.96.